The molecule has 4 nitrogen and oxygen atoms in total. The van der Waals surface area contributed by atoms with Gasteiger partial charge < -0.3 is 15.8 Å². The number of ether oxygens (including phenoxy) is 1. The van der Waals surface area contributed by atoms with Crippen LogP contribution in [-0.2, 0) is 6.54 Å². The van der Waals surface area contributed by atoms with Crippen LogP contribution in [-0.4, -0.2) is 19.2 Å². The van der Waals surface area contributed by atoms with Crippen LogP contribution in [0.2, 0.25) is 0 Å². The fourth-order valence-electron chi connectivity index (χ4n) is 2.75. The molecule has 0 aromatic heterocycles. The number of para-hydroxylation sites is 1. The highest BCUT2D eigenvalue weighted by atomic mass is 19.4. The van der Waals surface area contributed by atoms with E-state index in [1.54, 1.807) is 19.2 Å². The van der Waals surface area contributed by atoms with Crippen molar-refractivity contribution in [3.8, 4) is 5.75 Å². The SMILES string of the molecule is CN=C(NCc1ccccc1OC(F)(F)F)C1=C(N)CCCCC1. The van der Waals surface area contributed by atoms with E-state index in [4.69, 9.17) is 5.73 Å². The van der Waals surface area contributed by atoms with Gasteiger partial charge in [0, 0.05) is 30.4 Å². The molecule has 1 aromatic carbocycles. The molecule has 0 bridgehead atoms. The molecule has 0 saturated carbocycles. The van der Waals surface area contributed by atoms with Crippen LogP contribution in [0.25, 0.3) is 0 Å². The quantitative estimate of drug-likeness (QED) is 0.645. The number of hydrogen-bond acceptors (Lipinski definition) is 3. The van der Waals surface area contributed by atoms with Crippen molar-refractivity contribution in [1.29, 1.82) is 0 Å². The molecule has 3 N–H and O–H groups in total. The molecule has 0 unspecified atom stereocenters. The van der Waals surface area contributed by atoms with Gasteiger partial charge in [0.15, 0.2) is 0 Å². The van der Waals surface area contributed by atoms with Gasteiger partial charge >= 0.3 is 6.36 Å². The fraction of sp³-hybridized carbons (Fsp3) is 0.471. The Morgan fingerprint density at radius 1 is 1.21 bits per heavy atom. The first-order valence-electron chi connectivity index (χ1n) is 7.93. The second-order valence-corrected chi connectivity index (χ2v) is 5.65. The molecule has 0 radical (unpaired) electrons. The number of nitrogens with zero attached hydrogens (tertiary/aromatic N) is 1. The van der Waals surface area contributed by atoms with Crippen molar-refractivity contribution in [2.75, 3.05) is 7.05 Å². The summed E-state index contributed by atoms with van der Waals surface area (Å²) in [5.74, 6) is 0.423. The molecule has 132 valence electrons. The summed E-state index contributed by atoms with van der Waals surface area (Å²) < 4.78 is 41.5. The van der Waals surface area contributed by atoms with Gasteiger partial charge in [-0.25, -0.2) is 0 Å². The number of hydrogen-bond donors (Lipinski definition) is 2. The van der Waals surface area contributed by atoms with E-state index in [-0.39, 0.29) is 12.3 Å². The number of alkyl halides is 3. The van der Waals surface area contributed by atoms with Crippen molar-refractivity contribution in [3.63, 3.8) is 0 Å². The summed E-state index contributed by atoms with van der Waals surface area (Å²) in [7, 11) is 1.64. The first kappa shape index (κ1) is 18.2. The van der Waals surface area contributed by atoms with Gasteiger partial charge in [-0.3, -0.25) is 4.99 Å². The third kappa shape index (κ3) is 5.18. The highest BCUT2D eigenvalue weighted by molar-refractivity contribution is 5.98. The molecule has 0 atom stereocenters. The predicted molar refractivity (Wildman–Crippen MR) is 87.6 cm³/mol. The van der Waals surface area contributed by atoms with Crippen LogP contribution in [0.1, 0.15) is 37.7 Å². The average molecular weight is 341 g/mol. The van der Waals surface area contributed by atoms with Crippen molar-refractivity contribution in [2.24, 2.45) is 10.7 Å². The van der Waals surface area contributed by atoms with Crippen LogP contribution < -0.4 is 15.8 Å². The van der Waals surface area contributed by atoms with E-state index in [0.717, 1.165) is 43.4 Å². The van der Waals surface area contributed by atoms with E-state index in [9.17, 15) is 13.2 Å². The summed E-state index contributed by atoms with van der Waals surface area (Å²) in [4.78, 5) is 4.23. The number of allylic oxidation sites excluding steroid dienone is 1. The molecule has 24 heavy (non-hydrogen) atoms. The normalized spacial score (nSPS) is 16.8. The molecule has 7 heteroatoms. The molecule has 0 amide bonds. The van der Waals surface area contributed by atoms with E-state index in [2.05, 4.69) is 15.0 Å². The van der Waals surface area contributed by atoms with Gasteiger partial charge in [-0.05, 0) is 31.7 Å². The molecule has 0 aliphatic heterocycles. The molecule has 1 aliphatic rings. The van der Waals surface area contributed by atoms with Crippen LogP contribution in [0.15, 0.2) is 40.5 Å². The van der Waals surface area contributed by atoms with E-state index in [1.807, 2.05) is 0 Å². The second-order valence-electron chi connectivity index (χ2n) is 5.65. The molecular weight excluding hydrogens is 319 g/mol. The first-order chi connectivity index (χ1) is 11.4. The molecule has 1 aromatic rings. The lowest BCUT2D eigenvalue weighted by atomic mass is 10.1. The number of benzene rings is 1. The van der Waals surface area contributed by atoms with Crippen LogP contribution in [0.3, 0.4) is 0 Å². The van der Waals surface area contributed by atoms with Crippen LogP contribution in [0, 0.1) is 0 Å². The topological polar surface area (TPSA) is 59.6 Å². The van der Waals surface area contributed by atoms with Gasteiger partial charge in [-0.1, -0.05) is 24.6 Å². The summed E-state index contributed by atoms with van der Waals surface area (Å²) in [6.45, 7) is 0.176. The Morgan fingerprint density at radius 2 is 1.92 bits per heavy atom. The van der Waals surface area contributed by atoms with Gasteiger partial charge in [-0.2, -0.15) is 0 Å². The maximum Gasteiger partial charge on any atom is 0.573 e. The molecule has 0 spiro atoms. The molecule has 1 aliphatic carbocycles. The third-order valence-electron chi connectivity index (χ3n) is 3.91. The largest absolute Gasteiger partial charge is 0.573 e. The maximum absolute atomic E-state index is 12.5. The number of aliphatic imine (C=N–C) groups is 1. The number of amidine groups is 1. The Labute approximate surface area is 139 Å². The van der Waals surface area contributed by atoms with Gasteiger partial charge in [0.25, 0.3) is 0 Å². The summed E-state index contributed by atoms with van der Waals surface area (Å²) in [6, 6.07) is 6.06. The van der Waals surface area contributed by atoms with Gasteiger partial charge in [-0.15, -0.1) is 13.2 Å². The highest BCUT2D eigenvalue weighted by Gasteiger charge is 2.32. The zero-order valence-corrected chi connectivity index (χ0v) is 13.6. The Bertz CT molecular complexity index is 624. The Kier molecular flexibility index (Phi) is 6.11. The fourth-order valence-corrected chi connectivity index (χ4v) is 2.75. The van der Waals surface area contributed by atoms with Crippen molar-refractivity contribution >= 4 is 5.84 Å². The van der Waals surface area contributed by atoms with Gasteiger partial charge in [0.05, 0.1) is 0 Å². The minimum absolute atomic E-state index is 0.176. The monoisotopic (exact) mass is 341 g/mol. The van der Waals surface area contributed by atoms with Crippen LogP contribution >= 0.6 is 0 Å². The smallest absolute Gasteiger partial charge is 0.405 e. The summed E-state index contributed by atoms with van der Waals surface area (Å²) in [5.41, 5.74) is 8.30. The highest BCUT2D eigenvalue weighted by Crippen LogP contribution is 2.26. The number of halogens is 3. The van der Waals surface area contributed by atoms with Gasteiger partial charge in [0.1, 0.15) is 11.6 Å². The summed E-state index contributed by atoms with van der Waals surface area (Å²) in [5, 5.41) is 3.10. The van der Waals surface area contributed by atoms with E-state index in [1.165, 1.54) is 12.1 Å². The second kappa shape index (κ2) is 8.08. The lowest BCUT2D eigenvalue weighted by Crippen LogP contribution is -2.27. The molecule has 0 heterocycles. The van der Waals surface area contributed by atoms with Gasteiger partial charge in [0.2, 0.25) is 0 Å². The van der Waals surface area contributed by atoms with Crippen molar-refractivity contribution < 1.29 is 17.9 Å². The number of nitrogens with two attached hydrogens (primary N) is 1. The predicted octanol–water partition coefficient (Wildman–Crippen LogP) is 3.88. The maximum atomic E-state index is 12.5. The zero-order valence-electron chi connectivity index (χ0n) is 13.6. The minimum Gasteiger partial charge on any atom is -0.405 e. The summed E-state index contributed by atoms with van der Waals surface area (Å²) in [6.07, 6.45) is 0.130. The van der Waals surface area contributed by atoms with E-state index in [0.29, 0.717) is 11.4 Å². The number of rotatable bonds is 4. The average Bonchev–Trinajstić information content (AvgIpc) is 2.73. The first-order valence-corrected chi connectivity index (χ1v) is 7.93. The lowest BCUT2D eigenvalue weighted by molar-refractivity contribution is -0.274. The van der Waals surface area contributed by atoms with Crippen molar-refractivity contribution in [1.82, 2.24) is 5.32 Å². The summed E-state index contributed by atoms with van der Waals surface area (Å²) >= 11 is 0. The Balaban J connectivity index is 2.12. The van der Waals surface area contributed by atoms with E-state index >= 15 is 0 Å². The molecule has 0 fully saturated rings. The number of nitrogens with one attached hydrogen (secondary N) is 1. The lowest BCUT2D eigenvalue weighted by Gasteiger charge is -2.17. The third-order valence-corrected chi connectivity index (χ3v) is 3.91. The minimum atomic E-state index is -4.72. The van der Waals surface area contributed by atoms with E-state index < -0.39 is 6.36 Å². The van der Waals surface area contributed by atoms with Crippen LogP contribution in [0.5, 0.6) is 5.75 Å². The molecule has 0 saturated heterocycles. The standard InChI is InChI=1S/C17H22F3N3O/c1-22-16(13-8-3-2-4-9-14(13)21)23-11-12-7-5-6-10-15(12)24-17(18,19)20/h5-7,10H,2-4,8-9,11,21H2,1H3,(H,22,23). The van der Waals surface area contributed by atoms with Crippen molar-refractivity contribution in [2.45, 2.75) is 45.0 Å². The zero-order chi connectivity index (χ0) is 17.6. The Morgan fingerprint density at radius 3 is 2.62 bits per heavy atom. The van der Waals surface area contributed by atoms with Crippen LogP contribution in [0.4, 0.5) is 13.2 Å². The Hall–Kier alpha value is -2.18. The van der Waals surface area contributed by atoms with Crippen molar-refractivity contribution in [3.05, 3.63) is 41.1 Å². The molecular formula is C17H22F3N3O. The molecule has 2 rings (SSSR count).